The molecule has 174 valence electrons. The topological polar surface area (TPSA) is 113 Å². The van der Waals surface area contributed by atoms with Gasteiger partial charge in [0, 0.05) is 17.5 Å². The van der Waals surface area contributed by atoms with E-state index in [1.54, 1.807) is 42.5 Å². The van der Waals surface area contributed by atoms with Gasteiger partial charge >= 0.3 is 0 Å². The van der Waals surface area contributed by atoms with Crippen molar-refractivity contribution in [1.29, 1.82) is 0 Å². The lowest BCUT2D eigenvalue weighted by molar-refractivity contribution is 0.478. The number of para-hydroxylation sites is 2. The van der Waals surface area contributed by atoms with Gasteiger partial charge in [0.1, 0.15) is 16.2 Å². The summed E-state index contributed by atoms with van der Waals surface area (Å²) in [6.45, 7) is 0. The molecule has 0 unspecified atom stereocenters. The van der Waals surface area contributed by atoms with Crippen molar-refractivity contribution in [2.24, 2.45) is 9.50 Å². The molecule has 3 aromatic carbocycles. The predicted octanol–water partition coefficient (Wildman–Crippen LogP) is 3.66. The fourth-order valence-corrected chi connectivity index (χ4v) is 5.76. The van der Waals surface area contributed by atoms with Crippen LogP contribution in [0.25, 0.3) is 10.9 Å². The summed E-state index contributed by atoms with van der Waals surface area (Å²) in [5.74, 6) is -0.586. The van der Waals surface area contributed by atoms with Gasteiger partial charge in [0.15, 0.2) is 5.84 Å². The van der Waals surface area contributed by atoms with E-state index in [0.717, 1.165) is 17.7 Å². The quantitative estimate of drug-likeness (QED) is 0.451. The summed E-state index contributed by atoms with van der Waals surface area (Å²) in [6.07, 6.45) is 2.11. The number of hydrogen-bond donors (Lipinski definition) is 2. The third-order valence-electron chi connectivity index (χ3n) is 6.33. The molecule has 0 amide bonds. The Morgan fingerprint density at radius 2 is 1.63 bits per heavy atom. The van der Waals surface area contributed by atoms with Crippen LogP contribution in [-0.4, -0.2) is 29.7 Å². The average molecular weight is 485 g/mol. The zero-order chi connectivity index (χ0) is 24.2. The van der Waals surface area contributed by atoms with Crippen LogP contribution < -0.4 is 10.9 Å². The highest BCUT2D eigenvalue weighted by Gasteiger charge is 2.30. The molecule has 6 rings (SSSR count). The van der Waals surface area contributed by atoms with E-state index in [1.807, 2.05) is 12.1 Å². The zero-order valence-corrected chi connectivity index (χ0v) is 19.3. The van der Waals surface area contributed by atoms with E-state index in [2.05, 4.69) is 21.8 Å². The van der Waals surface area contributed by atoms with Crippen LogP contribution in [0.3, 0.4) is 0 Å². The molecule has 8 nitrogen and oxygen atoms in total. The number of nitrogens with zero attached hydrogens (tertiary/aromatic N) is 3. The molecular weight excluding hydrogens is 464 g/mol. The average Bonchev–Trinajstić information content (AvgIpc) is 2.86. The molecule has 4 aromatic rings. The molecule has 9 heteroatoms. The second kappa shape index (κ2) is 7.92. The molecule has 0 saturated carbocycles. The minimum Gasteiger partial charge on any atom is -0.506 e. The molecule has 0 bridgehead atoms. The van der Waals surface area contributed by atoms with E-state index in [4.69, 9.17) is 5.10 Å². The maximum atomic E-state index is 13.7. The normalized spacial score (nSPS) is 17.4. The van der Waals surface area contributed by atoms with Crippen LogP contribution >= 0.6 is 0 Å². The molecule has 0 radical (unpaired) electrons. The van der Waals surface area contributed by atoms with Crippen LogP contribution in [0.15, 0.2) is 92.0 Å². The zero-order valence-electron chi connectivity index (χ0n) is 18.5. The molecule has 35 heavy (non-hydrogen) atoms. The van der Waals surface area contributed by atoms with Gasteiger partial charge in [0.05, 0.1) is 11.2 Å². The van der Waals surface area contributed by atoms with E-state index in [9.17, 15) is 18.3 Å². The predicted molar refractivity (Wildman–Crippen MR) is 135 cm³/mol. The summed E-state index contributed by atoms with van der Waals surface area (Å²) >= 11 is 0. The molecular formula is C26H20N4O4S. The van der Waals surface area contributed by atoms with Crippen LogP contribution in [0.4, 0.5) is 5.69 Å². The summed E-state index contributed by atoms with van der Waals surface area (Å²) < 4.78 is 30.7. The fourth-order valence-electron chi connectivity index (χ4n) is 4.63. The lowest BCUT2D eigenvalue weighted by atomic mass is 9.90. The maximum absolute atomic E-state index is 13.7. The molecule has 2 N–H and O–H groups in total. The number of anilines is 1. The van der Waals surface area contributed by atoms with Gasteiger partial charge in [-0.3, -0.25) is 4.79 Å². The SMILES string of the molecule is O=c1c(C2=NS(=O)(=O)c3ccccc3N2)c(O)c2ccccc2n1N=C1CCc2ccccc2C1. The van der Waals surface area contributed by atoms with Gasteiger partial charge in [-0.1, -0.05) is 48.5 Å². The Balaban J connectivity index is 1.56. The Kier molecular flexibility index (Phi) is 4.82. The molecule has 0 spiro atoms. The van der Waals surface area contributed by atoms with Gasteiger partial charge in [-0.15, -0.1) is 4.40 Å². The molecule has 0 atom stereocenters. The summed E-state index contributed by atoms with van der Waals surface area (Å²) in [6, 6.07) is 21.3. The number of sulfonamides is 1. The van der Waals surface area contributed by atoms with E-state index < -0.39 is 15.6 Å². The number of nitrogens with one attached hydrogen (secondary N) is 1. The highest BCUT2D eigenvalue weighted by atomic mass is 32.2. The summed E-state index contributed by atoms with van der Waals surface area (Å²) in [5, 5.41) is 19.1. The maximum Gasteiger partial charge on any atom is 0.286 e. The highest BCUT2D eigenvalue weighted by molar-refractivity contribution is 7.90. The fraction of sp³-hybridized carbons (Fsp3) is 0.115. The number of fused-ring (bicyclic) bond motifs is 3. The van der Waals surface area contributed by atoms with E-state index >= 15 is 0 Å². The van der Waals surface area contributed by atoms with Crippen LogP contribution in [0, 0.1) is 0 Å². The molecule has 1 aliphatic carbocycles. The third-order valence-corrected chi connectivity index (χ3v) is 7.67. The smallest absolute Gasteiger partial charge is 0.286 e. The second-order valence-electron chi connectivity index (χ2n) is 8.51. The Morgan fingerprint density at radius 1 is 0.914 bits per heavy atom. The standard InChI is InChI=1S/C26H20N4O4S/c31-24-19-9-3-5-11-21(19)30(28-18-14-13-16-7-1-2-8-17(16)15-18)26(32)23(24)25-27-20-10-4-6-12-22(20)35(33,34)29-25/h1-12,31H,13-15H2,(H,27,29). The van der Waals surface area contributed by atoms with Gasteiger partial charge < -0.3 is 10.4 Å². The summed E-state index contributed by atoms with van der Waals surface area (Å²) in [4.78, 5) is 13.7. The first kappa shape index (κ1) is 21.3. The number of aryl methyl sites for hydroxylation is 1. The summed E-state index contributed by atoms with van der Waals surface area (Å²) in [5.41, 5.74) is 3.05. The van der Waals surface area contributed by atoms with Crippen molar-refractivity contribution in [2.75, 3.05) is 5.32 Å². The van der Waals surface area contributed by atoms with E-state index in [1.165, 1.54) is 16.3 Å². The van der Waals surface area contributed by atoms with Crippen molar-refractivity contribution in [1.82, 2.24) is 4.68 Å². The lowest BCUT2D eigenvalue weighted by Crippen LogP contribution is -2.32. The van der Waals surface area contributed by atoms with Gasteiger partial charge in [-0.2, -0.15) is 18.2 Å². The number of aromatic nitrogens is 1. The van der Waals surface area contributed by atoms with Crippen molar-refractivity contribution < 1.29 is 13.5 Å². The Labute approximate surface area is 200 Å². The first-order valence-electron chi connectivity index (χ1n) is 11.1. The van der Waals surface area contributed by atoms with Gasteiger partial charge in [-0.05, 0) is 48.2 Å². The minimum atomic E-state index is -4.07. The number of pyridine rings is 1. The Bertz CT molecular complexity index is 1750. The monoisotopic (exact) mass is 484 g/mol. The van der Waals surface area contributed by atoms with Crippen LogP contribution in [0.2, 0.25) is 0 Å². The minimum absolute atomic E-state index is 0.00506. The van der Waals surface area contributed by atoms with Crippen molar-refractivity contribution in [3.05, 3.63) is 99.8 Å². The van der Waals surface area contributed by atoms with E-state index in [-0.39, 0.29) is 27.7 Å². The molecule has 1 aromatic heterocycles. The first-order valence-corrected chi connectivity index (χ1v) is 12.6. The Hall–Kier alpha value is -4.24. The second-order valence-corrected chi connectivity index (χ2v) is 10.1. The number of hydrogen-bond acceptors (Lipinski definition) is 6. The molecule has 1 aliphatic heterocycles. The molecule has 2 heterocycles. The van der Waals surface area contributed by atoms with Gasteiger partial charge in [0.25, 0.3) is 15.6 Å². The number of aromatic hydroxyl groups is 1. The van der Waals surface area contributed by atoms with Gasteiger partial charge in [0.2, 0.25) is 0 Å². The van der Waals surface area contributed by atoms with Gasteiger partial charge in [-0.25, -0.2) is 0 Å². The lowest BCUT2D eigenvalue weighted by Gasteiger charge is -2.20. The van der Waals surface area contributed by atoms with Crippen molar-refractivity contribution in [2.45, 2.75) is 24.2 Å². The first-order chi connectivity index (χ1) is 16.9. The van der Waals surface area contributed by atoms with Crippen molar-refractivity contribution >= 4 is 38.2 Å². The summed E-state index contributed by atoms with van der Waals surface area (Å²) in [7, 11) is -4.07. The van der Waals surface area contributed by atoms with Crippen molar-refractivity contribution in [3.8, 4) is 5.75 Å². The van der Waals surface area contributed by atoms with Crippen LogP contribution in [0.5, 0.6) is 5.75 Å². The number of rotatable bonds is 2. The van der Waals surface area contributed by atoms with Crippen molar-refractivity contribution in [3.63, 3.8) is 0 Å². The molecule has 0 saturated heterocycles. The van der Waals surface area contributed by atoms with E-state index in [0.29, 0.717) is 23.7 Å². The Morgan fingerprint density at radius 3 is 2.49 bits per heavy atom. The number of amidine groups is 1. The van der Waals surface area contributed by atoms with Crippen LogP contribution in [0.1, 0.15) is 23.1 Å². The van der Waals surface area contributed by atoms with Crippen LogP contribution in [-0.2, 0) is 22.9 Å². The largest absolute Gasteiger partial charge is 0.506 e. The number of benzene rings is 3. The molecule has 0 fully saturated rings. The third kappa shape index (κ3) is 3.52. The molecule has 2 aliphatic rings. The highest BCUT2D eigenvalue weighted by Crippen LogP contribution is 2.32.